The normalized spacial score (nSPS) is 10.8. The summed E-state index contributed by atoms with van der Waals surface area (Å²) in [7, 11) is 3.95. The minimum absolute atomic E-state index is 0.625. The van der Waals surface area contributed by atoms with Crippen molar-refractivity contribution in [1.82, 2.24) is 9.97 Å². The molecule has 5 heteroatoms. The van der Waals surface area contributed by atoms with Crippen LogP contribution in [-0.2, 0) is 6.54 Å². The summed E-state index contributed by atoms with van der Waals surface area (Å²) in [4.78, 5) is 9.71. The molecule has 0 saturated heterocycles. The number of aromatic nitrogens is 2. The molecule has 0 aliphatic rings. The number of hydrogen-bond acceptors (Lipinski definition) is 3. The number of nitrogens with zero attached hydrogens (tertiary/aromatic N) is 2. The minimum atomic E-state index is 0.625. The number of para-hydroxylation sites is 1. The highest BCUT2D eigenvalue weighted by Crippen LogP contribution is 2.28. The molecule has 21 heavy (non-hydrogen) atoms. The zero-order valence-electron chi connectivity index (χ0n) is 12.0. The molecule has 0 amide bonds. The standard InChI is InChI=1S/C16H17ClN4/c1-21(2)16-13(8-5-9-18-16)19-10-14-15(17)11-6-3-4-7-12(11)20-14/h3-9,19-20H,10H2,1-2H3. The van der Waals surface area contributed by atoms with Gasteiger partial charge in [0.15, 0.2) is 5.82 Å². The molecule has 2 aromatic heterocycles. The van der Waals surface area contributed by atoms with Gasteiger partial charge in [-0.3, -0.25) is 0 Å². The summed E-state index contributed by atoms with van der Waals surface area (Å²) < 4.78 is 0. The van der Waals surface area contributed by atoms with E-state index in [0.29, 0.717) is 6.54 Å². The third kappa shape index (κ3) is 2.67. The highest BCUT2D eigenvalue weighted by atomic mass is 35.5. The molecule has 0 aliphatic heterocycles. The zero-order valence-corrected chi connectivity index (χ0v) is 12.8. The van der Waals surface area contributed by atoms with Crippen molar-refractivity contribution in [2.24, 2.45) is 0 Å². The van der Waals surface area contributed by atoms with Crippen LogP contribution in [0.15, 0.2) is 42.6 Å². The van der Waals surface area contributed by atoms with E-state index in [-0.39, 0.29) is 0 Å². The number of H-pyrrole nitrogens is 1. The van der Waals surface area contributed by atoms with Crippen LogP contribution in [0.2, 0.25) is 5.02 Å². The Labute approximate surface area is 128 Å². The molecule has 0 radical (unpaired) electrons. The van der Waals surface area contributed by atoms with E-state index >= 15 is 0 Å². The van der Waals surface area contributed by atoms with Gasteiger partial charge in [0.05, 0.1) is 22.9 Å². The fourth-order valence-corrected chi connectivity index (χ4v) is 2.64. The molecule has 3 rings (SSSR count). The summed E-state index contributed by atoms with van der Waals surface area (Å²) >= 11 is 6.43. The number of anilines is 2. The van der Waals surface area contributed by atoms with Gasteiger partial charge in [-0.2, -0.15) is 0 Å². The predicted molar refractivity (Wildman–Crippen MR) is 89.2 cm³/mol. The first-order valence-corrected chi connectivity index (χ1v) is 7.16. The molecule has 0 saturated carbocycles. The van der Waals surface area contributed by atoms with Gasteiger partial charge in [0, 0.05) is 31.2 Å². The number of fused-ring (bicyclic) bond motifs is 1. The van der Waals surface area contributed by atoms with E-state index in [1.165, 1.54) is 0 Å². The van der Waals surface area contributed by atoms with Crippen molar-refractivity contribution in [1.29, 1.82) is 0 Å². The molecule has 0 spiro atoms. The van der Waals surface area contributed by atoms with E-state index in [0.717, 1.165) is 33.1 Å². The Balaban J connectivity index is 1.85. The molecular weight excluding hydrogens is 284 g/mol. The first-order valence-electron chi connectivity index (χ1n) is 6.78. The zero-order chi connectivity index (χ0) is 14.8. The van der Waals surface area contributed by atoms with Crippen molar-refractivity contribution in [3.63, 3.8) is 0 Å². The molecule has 2 N–H and O–H groups in total. The van der Waals surface area contributed by atoms with Crippen molar-refractivity contribution >= 4 is 34.0 Å². The van der Waals surface area contributed by atoms with Gasteiger partial charge >= 0.3 is 0 Å². The van der Waals surface area contributed by atoms with Gasteiger partial charge in [0.25, 0.3) is 0 Å². The maximum Gasteiger partial charge on any atom is 0.151 e. The van der Waals surface area contributed by atoms with Crippen molar-refractivity contribution in [2.75, 3.05) is 24.3 Å². The SMILES string of the molecule is CN(C)c1ncccc1NCc1[nH]c2ccccc2c1Cl. The Morgan fingerprint density at radius 3 is 2.76 bits per heavy atom. The summed E-state index contributed by atoms with van der Waals surface area (Å²) in [5, 5.41) is 5.22. The van der Waals surface area contributed by atoms with Crippen LogP contribution in [0.25, 0.3) is 10.9 Å². The lowest BCUT2D eigenvalue weighted by atomic mass is 10.2. The second-order valence-electron chi connectivity index (χ2n) is 5.09. The molecular formula is C16H17ClN4. The Morgan fingerprint density at radius 1 is 1.19 bits per heavy atom. The van der Waals surface area contributed by atoms with Crippen LogP contribution >= 0.6 is 11.6 Å². The van der Waals surface area contributed by atoms with Gasteiger partial charge in [-0.25, -0.2) is 4.98 Å². The number of nitrogens with one attached hydrogen (secondary N) is 2. The van der Waals surface area contributed by atoms with E-state index < -0.39 is 0 Å². The molecule has 3 aromatic rings. The highest BCUT2D eigenvalue weighted by molar-refractivity contribution is 6.36. The van der Waals surface area contributed by atoms with Crippen molar-refractivity contribution in [2.45, 2.75) is 6.54 Å². The van der Waals surface area contributed by atoms with E-state index in [2.05, 4.69) is 15.3 Å². The van der Waals surface area contributed by atoms with Crippen LogP contribution in [0.4, 0.5) is 11.5 Å². The molecule has 108 valence electrons. The van der Waals surface area contributed by atoms with Crippen LogP contribution in [0, 0.1) is 0 Å². The third-order valence-electron chi connectivity index (χ3n) is 3.38. The second-order valence-corrected chi connectivity index (χ2v) is 5.46. The number of pyridine rings is 1. The van der Waals surface area contributed by atoms with Gasteiger partial charge in [-0.05, 0) is 18.2 Å². The van der Waals surface area contributed by atoms with Gasteiger partial charge in [-0.15, -0.1) is 0 Å². The van der Waals surface area contributed by atoms with Gasteiger partial charge < -0.3 is 15.2 Å². The van der Waals surface area contributed by atoms with Gasteiger partial charge in [0.2, 0.25) is 0 Å². The molecule has 0 atom stereocenters. The molecule has 0 bridgehead atoms. The molecule has 0 fully saturated rings. The number of aromatic amines is 1. The molecule has 0 aliphatic carbocycles. The van der Waals surface area contributed by atoms with Crippen LogP contribution < -0.4 is 10.2 Å². The summed E-state index contributed by atoms with van der Waals surface area (Å²) in [5.41, 5.74) is 3.02. The van der Waals surface area contributed by atoms with Crippen molar-refractivity contribution in [3.05, 3.63) is 53.3 Å². The van der Waals surface area contributed by atoms with Crippen molar-refractivity contribution in [3.8, 4) is 0 Å². The van der Waals surface area contributed by atoms with Crippen LogP contribution in [-0.4, -0.2) is 24.1 Å². The lowest BCUT2D eigenvalue weighted by Gasteiger charge is -2.16. The van der Waals surface area contributed by atoms with Gasteiger partial charge in [-0.1, -0.05) is 29.8 Å². The predicted octanol–water partition coefficient (Wildman–Crippen LogP) is 3.89. The Hall–Kier alpha value is -2.20. The first kappa shape index (κ1) is 13.8. The van der Waals surface area contributed by atoms with E-state index in [4.69, 9.17) is 11.6 Å². The van der Waals surface area contributed by atoms with E-state index in [9.17, 15) is 0 Å². The molecule has 2 heterocycles. The Morgan fingerprint density at radius 2 is 2.00 bits per heavy atom. The maximum atomic E-state index is 6.43. The summed E-state index contributed by atoms with van der Waals surface area (Å²) in [5.74, 6) is 0.907. The maximum absolute atomic E-state index is 6.43. The topological polar surface area (TPSA) is 44.0 Å². The summed E-state index contributed by atoms with van der Waals surface area (Å²) in [6, 6.07) is 12.0. The number of hydrogen-bond donors (Lipinski definition) is 2. The Bertz CT molecular complexity index is 764. The fraction of sp³-hybridized carbons (Fsp3) is 0.188. The van der Waals surface area contributed by atoms with Gasteiger partial charge in [0.1, 0.15) is 0 Å². The average Bonchev–Trinajstić information content (AvgIpc) is 2.82. The lowest BCUT2D eigenvalue weighted by Crippen LogP contribution is -2.13. The lowest BCUT2D eigenvalue weighted by molar-refractivity contribution is 1.04. The summed E-state index contributed by atoms with van der Waals surface area (Å²) in [6.07, 6.45) is 1.79. The van der Waals surface area contributed by atoms with Crippen LogP contribution in [0.5, 0.6) is 0 Å². The molecule has 1 aromatic carbocycles. The monoisotopic (exact) mass is 300 g/mol. The number of rotatable bonds is 4. The van der Waals surface area contributed by atoms with Crippen molar-refractivity contribution < 1.29 is 0 Å². The summed E-state index contributed by atoms with van der Waals surface area (Å²) in [6.45, 7) is 0.625. The van der Waals surface area contributed by atoms with E-state index in [1.807, 2.05) is 55.4 Å². The number of halogens is 1. The van der Waals surface area contributed by atoms with Crippen LogP contribution in [0.1, 0.15) is 5.69 Å². The third-order valence-corrected chi connectivity index (χ3v) is 3.81. The Kier molecular flexibility index (Phi) is 3.71. The number of benzene rings is 1. The average molecular weight is 301 g/mol. The largest absolute Gasteiger partial charge is 0.376 e. The highest BCUT2D eigenvalue weighted by Gasteiger charge is 2.10. The second kappa shape index (κ2) is 5.66. The first-order chi connectivity index (χ1) is 10.2. The quantitative estimate of drug-likeness (QED) is 0.768. The van der Waals surface area contributed by atoms with Crippen LogP contribution in [0.3, 0.4) is 0 Å². The fourth-order valence-electron chi connectivity index (χ4n) is 2.36. The molecule has 4 nitrogen and oxygen atoms in total. The molecule has 0 unspecified atom stereocenters. The smallest absolute Gasteiger partial charge is 0.151 e. The minimum Gasteiger partial charge on any atom is -0.376 e. The van der Waals surface area contributed by atoms with E-state index in [1.54, 1.807) is 6.20 Å².